The molecule has 2 atom stereocenters. The molecule has 1 amide bonds. The summed E-state index contributed by atoms with van der Waals surface area (Å²) in [6, 6.07) is 0.209. The summed E-state index contributed by atoms with van der Waals surface area (Å²) in [6.07, 6.45) is 3.71. The first-order valence-corrected chi connectivity index (χ1v) is 9.72. The molecule has 2 N–H and O–H groups in total. The molecule has 0 unspecified atom stereocenters. The molecule has 0 saturated heterocycles. The number of hydrogen-bond donors (Lipinski definition) is 2. The van der Waals surface area contributed by atoms with Crippen molar-refractivity contribution in [2.45, 2.75) is 71.6 Å². The highest BCUT2D eigenvalue weighted by Gasteiger charge is 2.28. The van der Waals surface area contributed by atoms with Crippen molar-refractivity contribution < 1.29 is 14.1 Å². The summed E-state index contributed by atoms with van der Waals surface area (Å²) in [5.41, 5.74) is 1.60. The Balaban J connectivity index is 1.64. The zero-order valence-electron chi connectivity index (χ0n) is 16.8. The van der Waals surface area contributed by atoms with Crippen LogP contribution in [0.5, 0.6) is 0 Å². The Hall–Kier alpha value is -2.35. The average molecular weight is 408 g/mol. The summed E-state index contributed by atoms with van der Waals surface area (Å²) in [7, 11) is 0. The lowest BCUT2D eigenvalue weighted by Crippen LogP contribution is -2.38. The molecule has 2 aromatic rings. The molecule has 2 aromatic heterocycles. The Morgan fingerprint density at radius 3 is 2.64 bits per heavy atom. The van der Waals surface area contributed by atoms with Crippen LogP contribution in [0.3, 0.4) is 0 Å². The van der Waals surface area contributed by atoms with Crippen molar-refractivity contribution in [2.75, 3.05) is 5.32 Å². The highest BCUT2D eigenvalue weighted by Crippen LogP contribution is 2.32. The number of hydrogen-bond acceptors (Lipinski definition) is 7. The number of halogens is 1. The second kappa shape index (κ2) is 7.95. The standard InChI is InChI=1S/C19H26ClN5O3/c1-10-15(11(2)28-25-10)16-14(20)9-21-17(24-16)22-12-6-7-13(8-12)23-18(26)27-19(3,4)5/h9,12-13H,6-8H2,1-5H3,(H,23,26)(H,21,22,24)/t12-,13+/m0/s1. The van der Waals surface area contributed by atoms with Crippen LogP contribution in [0.1, 0.15) is 51.5 Å². The number of anilines is 1. The Morgan fingerprint density at radius 2 is 2.00 bits per heavy atom. The van der Waals surface area contributed by atoms with E-state index >= 15 is 0 Å². The van der Waals surface area contributed by atoms with Gasteiger partial charge in [-0.15, -0.1) is 0 Å². The first-order chi connectivity index (χ1) is 13.1. The van der Waals surface area contributed by atoms with E-state index in [2.05, 4.69) is 25.8 Å². The molecule has 2 heterocycles. The van der Waals surface area contributed by atoms with Crippen LogP contribution in [0.2, 0.25) is 5.02 Å². The van der Waals surface area contributed by atoms with Gasteiger partial charge in [-0.3, -0.25) is 0 Å². The largest absolute Gasteiger partial charge is 0.444 e. The van der Waals surface area contributed by atoms with Crippen molar-refractivity contribution in [3.8, 4) is 11.3 Å². The number of aromatic nitrogens is 3. The van der Waals surface area contributed by atoms with E-state index in [1.165, 1.54) is 0 Å². The second-order valence-corrected chi connectivity index (χ2v) is 8.49. The summed E-state index contributed by atoms with van der Waals surface area (Å²) in [4.78, 5) is 20.8. The van der Waals surface area contributed by atoms with Crippen LogP contribution in [0.4, 0.5) is 10.7 Å². The SMILES string of the molecule is Cc1noc(C)c1-c1nc(N[C@H]2CC[C@@H](NC(=O)OC(C)(C)C)C2)ncc1Cl. The van der Waals surface area contributed by atoms with Gasteiger partial charge in [0.2, 0.25) is 5.95 Å². The molecule has 0 bridgehead atoms. The fraction of sp³-hybridized carbons (Fsp3) is 0.579. The smallest absolute Gasteiger partial charge is 0.407 e. The number of alkyl carbamates (subject to hydrolysis) is 1. The second-order valence-electron chi connectivity index (χ2n) is 8.09. The van der Waals surface area contributed by atoms with Crippen molar-refractivity contribution >= 4 is 23.6 Å². The fourth-order valence-corrected chi connectivity index (χ4v) is 3.52. The van der Waals surface area contributed by atoms with Crippen molar-refractivity contribution in [1.29, 1.82) is 0 Å². The lowest BCUT2D eigenvalue weighted by atomic mass is 10.1. The molecule has 0 aliphatic heterocycles. The van der Waals surface area contributed by atoms with E-state index < -0.39 is 5.60 Å². The van der Waals surface area contributed by atoms with Gasteiger partial charge >= 0.3 is 6.09 Å². The third-order valence-electron chi connectivity index (χ3n) is 4.50. The zero-order chi connectivity index (χ0) is 20.5. The van der Waals surface area contributed by atoms with E-state index in [9.17, 15) is 4.79 Å². The fourth-order valence-electron chi connectivity index (χ4n) is 3.33. The van der Waals surface area contributed by atoms with Crippen LogP contribution in [-0.4, -0.2) is 38.9 Å². The van der Waals surface area contributed by atoms with Crippen molar-refractivity contribution in [3.63, 3.8) is 0 Å². The van der Waals surface area contributed by atoms with E-state index in [0.29, 0.717) is 22.4 Å². The number of nitrogens with zero attached hydrogens (tertiary/aromatic N) is 3. The summed E-state index contributed by atoms with van der Waals surface area (Å²) >= 11 is 6.30. The van der Waals surface area contributed by atoms with E-state index in [4.69, 9.17) is 20.9 Å². The molecule has 0 spiro atoms. The molecule has 3 rings (SSSR count). The minimum atomic E-state index is -0.508. The molecule has 9 heteroatoms. The number of ether oxygens (including phenoxy) is 1. The summed E-state index contributed by atoms with van der Waals surface area (Å²) in [5, 5.41) is 10.7. The maximum atomic E-state index is 11.9. The van der Waals surface area contributed by atoms with Crippen LogP contribution in [0.15, 0.2) is 10.7 Å². The third-order valence-corrected chi connectivity index (χ3v) is 4.78. The molecule has 1 saturated carbocycles. The first kappa shape index (κ1) is 20.4. The topological polar surface area (TPSA) is 102 Å². The quantitative estimate of drug-likeness (QED) is 0.780. The number of nitrogens with one attached hydrogen (secondary N) is 2. The normalized spacial score (nSPS) is 19.5. The lowest BCUT2D eigenvalue weighted by Gasteiger charge is -2.21. The van der Waals surface area contributed by atoms with E-state index in [1.54, 1.807) is 6.20 Å². The number of carbonyl (C=O) groups is 1. The van der Waals surface area contributed by atoms with Gasteiger partial charge in [0.1, 0.15) is 11.4 Å². The highest BCUT2D eigenvalue weighted by molar-refractivity contribution is 6.33. The van der Waals surface area contributed by atoms with E-state index in [0.717, 1.165) is 30.5 Å². The molecule has 152 valence electrons. The highest BCUT2D eigenvalue weighted by atomic mass is 35.5. The van der Waals surface area contributed by atoms with E-state index in [1.807, 2.05) is 34.6 Å². The number of rotatable bonds is 4. The summed E-state index contributed by atoms with van der Waals surface area (Å²) in [6.45, 7) is 9.21. The van der Waals surface area contributed by atoms with Crippen LogP contribution < -0.4 is 10.6 Å². The predicted molar refractivity (Wildman–Crippen MR) is 106 cm³/mol. The Bertz CT molecular complexity index is 842. The Kier molecular flexibility index (Phi) is 5.79. The summed E-state index contributed by atoms with van der Waals surface area (Å²) < 4.78 is 10.5. The van der Waals surface area contributed by atoms with Gasteiger partial charge < -0.3 is 19.9 Å². The van der Waals surface area contributed by atoms with Gasteiger partial charge in [0.05, 0.1) is 28.2 Å². The van der Waals surface area contributed by atoms with Crippen LogP contribution in [-0.2, 0) is 4.74 Å². The van der Waals surface area contributed by atoms with Crippen molar-refractivity contribution in [2.24, 2.45) is 0 Å². The van der Waals surface area contributed by atoms with Crippen molar-refractivity contribution in [1.82, 2.24) is 20.4 Å². The molecule has 0 aromatic carbocycles. The third kappa shape index (κ3) is 4.92. The van der Waals surface area contributed by atoms with Crippen molar-refractivity contribution in [3.05, 3.63) is 22.7 Å². The van der Waals surface area contributed by atoms with Gasteiger partial charge in [0.25, 0.3) is 0 Å². The van der Waals surface area contributed by atoms with Gasteiger partial charge in [-0.1, -0.05) is 16.8 Å². The average Bonchev–Trinajstić information content (AvgIpc) is 3.14. The van der Waals surface area contributed by atoms with Crippen LogP contribution in [0, 0.1) is 13.8 Å². The van der Waals surface area contributed by atoms with E-state index in [-0.39, 0.29) is 18.2 Å². The van der Waals surface area contributed by atoms with Gasteiger partial charge in [-0.2, -0.15) is 0 Å². The van der Waals surface area contributed by atoms with Crippen LogP contribution in [0.25, 0.3) is 11.3 Å². The van der Waals surface area contributed by atoms with Crippen LogP contribution >= 0.6 is 11.6 Å². The zero-order valence-corrected chi connectivity index (χ0v) is 17.6. The molecular weight excluding hydrogens is 382 g/mol. The monoisotopic (exact) mass is 407 g/mol. The first-order valence-electron chi connectivity index (χ1n) is 9.34. The number of amides is 1. The number of carbonyl (C=O) groups excluding carboxylic acids is 1. The lowest BCUT2D eigenvalue weighted by molar-refractivity contribution is 0.0505. The summed E-state index contributed by atoms with van der Waals surface area (Å²) in [5.74, 6) is 1.15. The van der Waals surface area contributed by atoms with Gasteiger partial charge in [-0.05, 0) is 53.9 Å². The molecule has 28 heavy (non-hydrogen) atoms. The maximum absolute atomic E-state index is 11.9. The number of aryl methyl sites for hydroxylation is 2. The molecule has 1 aliphatic rings. The minimum Gasteiger partial charge on any atom is -0.444 e. The minimum absolute atomic E-state index is 0.0571. The van der Waals surface area contributed by atoms with Gasteiger partial charge in [0, 0.05) is 12.1 Å². The predicted octanol–water partition coefficient (Wildman–Crippen LogP) is 4.26. The maximum Gasteiger partial charge on any atom is 0.407 e. The Labute approximate surface area is 169 Å². The molecular formula is C19H26ClN5O3. The molecule has 0 radical (unpaired) electrons. The van der Waals surface area contributed by atoms with Gasteiger partial charge in [-0.25, -0.2) is 14.8 Å². The molecule has 8 nitrogen and oxygen atoms in total. The Morgan fingerprint density at radius 1 is 1.29 bits per heavy atom. The molecule has 1 fully saturated rings. The van der Waals surface area contributed by atoms with Gasteiger partial charge in [0.15, 0.2) is 0 Å². The molecule has 1 aliphatic carbocycles.